The molecule has 4 aromatic carbocycles. The highest BCUT2D eigenvalue weighted by Crippen LogP contribution is 2.50. The Hall–Kier alpha value is -3.66. The minimum atomic E-state index is -3.61. The molecule has 5 rings (SSSR count). The molecule has 1 heterocycles. The van der Waals surface area contributed by atoms with Gasteiger partial charge in [0.1, 0.15) is 5.38 Å². The smallest absolute Gasteiger partial charge is 0.325 e. The van der Waals surface area contributed by atoms with E-state index in [1.54, 1.807) is 0 Å². The number of hydrogen-bond acceptors (Lipinski definition) is 2. The Morgan fingerprint density at radius 2 is 0.839 bits per heavy atom. The first-order chi connectivity index (χ1) is 15.2. The molecule has 2 nitrogen and oxygen atoms in total. The van der Waals surface area contributed by atoms with Crippen LogP contribution in [0, 0.1) is 0 Å². The van der Waals surface area contributed by atoms with Crippen LogP contribution in [-0.2, 0) is 0 Å². The lowest BCUT2D eigenvalue weighted by Crippen LogP contribution is -2.50. The summed E-state index contributed by atoms with van der Waals surface area (Å²) in [6.07, 6.45) is 0. The van der Waals surface area contributed by atoms with Crippen LogP contribution in [0.3, 0.4) is 0 Å². The Bertz CT molecular complexity index is 1260. The van der Waals surface area contributed by atoms with Gasteiger partial charge in [-0.1, -0.05) is 121 Å². The van der Waals surface area contributed by atoms with Gasteiger partial charge in [-0.3, -0.25) is 0 Å². The van der Waals surface area contributed by atoms with Gasteiger partial charge in [-0.25, -0.2) is 0 Å². The van der Waals surface area contributed by atoms with Crippen LogP contribution in [0.25, 0.3) is 16.3 Å². The van der Waals surface area contributed by atoms with Crippen molar-refractivity contribution in [1.82, 2.24) is 0 Å². The average Bonchev–Trinajstić information content (AvgIpc) is 3.09. The molecule has 4 aromatic rings. The Labute approximate surface area is 183 Å². The van der Waals surface area contributed by atoms with E-state index in [4.69, 9.17) is 0 Å². The highest BCUT2D eigenvalue weighted by atomic mass is 28.4. The van der Waals surface area contributed by atoms with Crippen molar-refractivity contribution in [3.63, 3.8) is 0 Å². The molecule has 0 saturated carbocycles. The van der Waals surface area contributed by atoms with Crippen molar-refractivity contribution in [1.29, 1.82) is 0 Å². The van der Waals surface area contributed by atoms with E-state index in [0.717, 1.165) is 32.6 Å². The monoisotopic (exact) mass is 418 g/mol. The fraction of sp³-hybridized carbons (Fsp3) is 0. The summed E-state index contributed by atoms with van der Waals surface area (Å²) in [5.41, 5.74) is 4.41. The van der Waals surface area contributed by atoms with Gasteiger partial charge in [0, 0.05) is 5.57 Å². The maximum atomic E-state index is 12.4. The topological polar surface area (TPSA) is 40.5 Å². The molecule has 0 spiro atoms. The quantitative estimate of drug-likeness (QED) is 0.430. The van der Waals surface area contributed by atoms with Crippen LogP contribution in [-0.4, -0.2) is 18.2 Å². The molecule has 1 unspecified atom stereocenters. The molecular formula is C28H22O2Si. The molecule has 1 aliphatic heterocycles. The number of aliphatic hydroxyl groups excluding tert-OH is 1. The van der Waals surface area contributed by atoms with Crippen molar-refractivity contribution in [3.8, 4) is 0 Å². The van der Waals surface area contributed by atoms with E-state index in [2.05, 4.69) is 0 Å². The third kappa shape index (κ3) is 3.15. The van der Waals surface area contributed by atoms with Crippen molar-refractivity contribution < 1.29 is 9.90 Å². The summed E-state index contributed by atoms with van der Waals surface area (Å²) in [6, 6.07) is 39.4. The molecule has 0 amide bonds. The van der Waals surface area contributed by atoms with Crippen LogP contribution in [0.15, 0.2) is 127 Å². The number of allylic oxidation sites excluding steroid dienone is 2. The minimum absolute atomic E-state index is 0.0857. The summed E-state index contributed by atoms with van der Waals surface area (Å²) < 4.78 is 0. The number of hydrogen-bond donors (Lipinski definition) is 2. The van der Waals surface area contributed by atoms with Crippen LogP contribution in [0.4, 0.5) is 0 Å². The molecule has 2 N–H and O–H groups in total. The van der Waals surface area contributed by atoms with Crippen molar-refractivity contribution in [3.05, 3.63) is 143 Å². The molecule has 0 aromatic heterocycles. The highest BCUT2D eigenvalue weighted by Gasteiger charge is 2.52. The summed E-state index contributed by atoms with van der Waals surface area (Å²) in [5.74, 6) is 0. The molecule has 1 atom stereocenters. The van der Waals surface area contributed by atoms with E-state index in [-0.39, 0.29) is 5.38 Å². The molecule has 1 aliphatic rings. The van der Waals surface area contributed by atoms with Gasteiger partial charge in [0.25, 0.3) is 0 Å². The molecule has 0 bridgehead atoms. The van der Waals surface area contributed by atoms with Gasteiger partial charge in [-0.05, 0) is 32.6 Å². The van der Waals surface area contributed by atoms with E-state index < -0.39 is 8.32 Å². The van der Waals surface area contributed by atoms with E-state index in [1.165, 1.54) is 0 Å². The van der Waals surface area contributed by atoms with Crippen molar-refractivity contribution in [2.45, 2.75) is 0 Å². The minimum Gasteiger partial charge on any atom is -0.513 e. The lowest BCUT2D eigenvalue weighted by molar-refractivity contribution is 0.423. The second-order valence-corrected chi connectivity index (χ2v) is 10.6. The molecule has 31 heavy (non-hydrogen) atoms. The SMILES string of the molecule is OC1=C(c2ccccc2)C(c2ccccc2)=C(c2ccccc2)[Si]1(O)c1ccccc1. The van der Waals surface area contributed by atoms with Gasteiger partial charge in [0.2, 0.25) is 0 Å². The average molecular weight is 419 g/mol. The first kappa shape index (κ1) is 19.3. The first-order valence-electron chi connectivity index (χ1n) is 10.3. The van der Waals surface area contributed by atoms with Crippen LogP contribution in [0.5, 0.6) is 0 Å². The molecule has 0 radical (unpaired) electrons. The molecular weight excluding hydrogens is 396 g/mol. The maximum Gasteiger partial charge on any atom is 0.325 e. The first-order valence-corrected chi connectivity index (χ1v) is 12.3. The normalized spacial score (nSPS) is 18.5. The van der Waals surface area contributed by atoms with Crippen LogP contribution < -0.4 is 5.19 Å². The summed E-state index contributed by atoms with van der Waals surface area (Å²) in [5, 5.41) is 13.4. The lowest BCUT2D eigenvalue weighted by atomic mass is 9.91. The lowest BCUT2D eigenvalue weighted by Gasteiger charge is -2.25. The van der Waals surface area contributed by atoms with Gasteiger partial charge in [0.15, 0.2) is 0 Å². The van der Waals surface area contributed by atoms with Gasteiger partial charge in [-0.2, -0.15) is 0 Å². The van der Waals surface area contributed by atoms with Crippen molar-refractivity contribution >= 4 is 29.8 Å². The number of benzene rings is 4. The second-order valence-electron chi connectivity index (χ2n) is 7.65. The Balaban J connectivity index is 1.92. The van der Waals surface area contributed by atoms with Gasteiger partial charge in [-0.15, -0.1) is 0 Å². The van der Waals surface area contributed by atoms with Gasteiger partial charge < -0.3 is 9.90 Å². The predicted molar refractivity (Wildman–Crippen MR) is 130 cm³/mol. The Morgan fingerprint density at radius 3 is 1.32 bits per heavy atom. The van der Waals surface area contributed by atoms with Crippen LogP contribution in [0.2, 0.25) is 0 Å². The van der Waals surface area contributed by atoms with Crippen molar-refractivity contribution in [2.24, 2.45) is 0 Å². The van der Waals surface area contributed by atoms with E-state index >= 15 is 0 Å². The molecule has 0 saturated heterocycles. The highest BCUT2D eigenvalue weighted by molar-refractivity contribution is 7.09. The zero-order chi connectivity index (χ0) is 21.3. The fourth-order valence-electron chi connectivity index (χ4n) is 4.42. The molecule has 0 fully saturated rings. The zero-order valence-electron chi connectivity index (χ0n) is 16.9. The van der Waals surface area contributed by atoms with Crippen molar-refractivity contribution in [2.75, 3.05) is 0 Å². The largest absolute Gasteiger partial charge is 0.513 e. The number of rotatable bonds is 4. The van der Waals surface area contributed by atoms with E-state index in [1.807, 2.05) is 121 Å². The Morgan fingerprint density at radius 1 is 0.452 bits per heavy atom. The maximum absolute atomic E-state index is 12.4. The second kappa shape index (κ2) is 7.87. The fourth-order valence-corrected chi connectivity index (χ4v) is 7.74. The summed E-state index contributed by atoms with van der Waals surface area (Å²) in [4.78, 5) is 12.4. The summed E-state index contributed by atoms with van der Waals surface area (Å²) in [7, 11) is -3.61. The summed E-state index contributed by atoms with van der Waals surface area (Å²) >= 11 is 0. The standard InChI is InChI=1S/C28H22O2Si/c29-28-26(22-15-7-2-8-16-22)25(21-13-5-1-6-14-21)27(23-17-9-3-10-18-23)31(28,30)24-19-11-4-12-20-24/h1-20,29-30H. The molecule has 150 valence electrons. The van der Waals surface area contributed by atoms with E-state index in [9.17, 15) is 9.90 Å². The summed E-state index contributed by atoms with van der Waals surface area (Å²) in [6.45, 7) is 0. The Kier molecular flexibility index (Phi) is 4.90. The van der Waals surface area contributed by atoms with E-state index in [0.29, 0.717) is 5.57 Å². The third-order valence-electron chi connectivity index (χ3n) is 5.82. The third-order valence-corrected chi connectivity index (χ3v) is 9.19. The van der Waals surface area contributed by atoms with Gasteiger partial charge >= 0.3 is 8.32 Å². The number of aliphatic hydroxyl groups is 1. The van der Waals surface area contributed by atoms with Crippen LogP contribution in [0.1, 0.15) is 16.7 Å². The van der Waals surface area contributed by atoms with Gasteiger partial charge in [0.05, 0.1) is 0 Å². The molecule has 0 aliphatic carbocycles. The molecule has 3 heteroatoms. The zero-order valence-corrected chi connectivity index (χ0v) is 17.9. The van der Waals surface area contributed by atoms with Crippen LogP contribution >= 0.6 is 0 Å². The predicted octanol–water partition coefficient (Wildman–Crippen LogP) is 5.50.